The molecule has 0 saturated carbocycles. The van der Waals surface area contributed by atoms with Gasteiger partial charge in [0, 0.05) is 18.8 Å². The number of carbonyl (C=O) groups excluding carboxylic acids is 1. The fourth-order valence-electron chi connectivity index (χ4n) is 2.33. The van der Waals surface area contributed by atoms with E-state index in [4.69, 9.17) is 4.84 Å². The quantitative estimate of drug-likeness (QED) is 0.648. The Kier molecular flexibility index (Phi) is 4.91. The molecule has 0 aliphatic heterocycles. The van der Waals surface area contributed by atoms with Gasteiger partial charge in [-0.15, -0.1) is 11.3 Å². The van der Waals surface area contributed by atoms with Gasteiger partial charge in [0.25, 0.3) is 11.5 Å². The van der Waals surface area contributed by atoms with Crippen LogP contribution in [0, 0.1) is 6.92 Å². The van der Waals surface area contributed by atoms with Gasteiger partial charge in [-0.3, -0.25) is 14.4 Å². The van der Waals surface area contributed by atoms with E-state index in [1.165, 1.54) is 18.4 Å². The number of amides is 1. The smallest absolute Gasteiger partial charge is 0.275 e. The molecule has 130 valence electrons. The summed E-state index contributed by atoms with van der Waals surface area (Å²) in [4.78, 5) is 33.7. The van der Waals surface area contributed by atoms with Gasteiger partial charge in [-0.25, -0.2) is 9.58 Å². The Morgan fingerprint density at radius 1 is 1.32 bits per heavy atom. The Hall–Kier alpha value is -2.58. The van der Waals surface area contributed by atoms with Crippen molar-refractivity contribution in [1.82, 2.24) is 19.7 Å². The summed E-state index contributed by atoms with van der Waals surface area (Å²) in [5.41, 5.74) is 2.83. The highest BCUT2D eigenvalue weighted by Crippen LogP contribution is 2.14. The Bertz CT molecular complexity index is 962. The number of carbonyl (C=O) groups is 1. The van der Waals surface area contributed by atoms with Gasteiger partial charge >= 0.3 is 0 Å². The van der Waals surface area contributed by atoms with Crippen LogP contribution in [-0.4, -0.2) is 39.7 Å². The summed E-state index contributed by atoms with van der Waals surface area (Å²) in [7, 11) is 2.98. The number of likely N-dealkylation sites (N-methyl/N-ethyl adjacent to an activating group) is 1. The molecule has 25 heavy (non-hydrogen) atoms. The maximum atomic E-state index is 12.2. The molecule has 1 aromatic carbocycles. The van der Waals surface area contributed by atoms with E-state index < -0.39 is 0 Å². The van der Waals surface area contributed by atoms with Crippen LogP contribution < -0.4 is 5.56 Å². The first-order chi connectivity index (χ1) is 12.0. The zero-order valence-electron chi connectivity index (χ0n) is 14.2. The normalized spacial score (nSPS) is 11.0. The molecule has 0 N–H and O–H groups in total. The molecule has 0 unspecified atom stereocenters. The van der Waals surface area contributed by atoms with Crippen LogP contribution in [0.2, 0.25) is 0 Å². The maximum absolute atomic E-state index is 12.2. The lowest BCUT2D eigenvalue weighted by molar-refractivity contribution is -0.167. The molecule has 1 amide bonds. The SMILES string of the molecule is CON(C)C(=O)Cc1csc2nc(=O)c(Cc3ccc(C)cc3)nn12. The molecule has 7 nitrogen and oxygen atoms in total. The van der Waals surface area contributed by atoms with Gasteiger partial charge in [0.1, 0.15) is 5.69 Å². The summed E-state index contributed by atoms with van der Waals surface area (Å²) in [5.74, 6) is -0.206. The average molecular weight is 358 g/mol. The highest BCUT2D eigenvalue weighted by Gasteiger charge is 2.15. The molecular weight excluding hydrogens is 340 g/mol. The summed E-state index contributed by atoms with van der Waals surface area (Å²) in [6.45, 7) is 2.01. The van der Waals surface area contributed by atoms with Gasteiger partial charge in [-0.1, -0.05) is 29.8 Å². The number of nitrogens with zero attached hydrogens (tertiary/aromatic N) is 4. The minimum Gasteiger partial charge on any atom is -0.275 e. The van der Waals surface area contributed by atoms with E-state index in [9.17, 15) is 9.59 Å². The van der Waals surface area contributed by atoms with Crippen LogP contribution in [0.25, 0.3) is 4.96 Å². The summed E-state index contributed by atoms with van der Waals surface area (Å²) >= 11 is 1.28. The second-order valence-electron chi connectivity index (χ2n) is 5.70. The zero-order chi connectivity index (χ0) is 18.0. The van der Waals surface area contributed by atoms with Gasteiger partial charge < -0.3 is 0 Å². The van der Waals surface area contributed by atoms with Gasteiger partial charge in [0.15, 0.2) is 0 Å². The van der Waals surface area contributed by atoms with Crippen LogP contribution in [0.4, 0.5) is 0 Å². The predicted molar refractivity (Wildman–Crippen MR) is 94.6 cm³/mol. The van der Waals surface area contributed by atoms with Crippen molar-refractivity contribution in [2.24, 2.45) is 0 Å². The van der Waals surface area contributed by atoms with E-state index in [1.807, 2.05) is 31.2 Å². The van der Waals surface area contributed by atoms with Crippen LogP contribution in [0.1, 0.15) is 22.5 Å². The first kappa shape index (κ1) is 17.2. The standard InChI is InChI=1S/C17H18N4O3S/c1-11-4-6-12(7-5-11)8-14-16(23)18-17-21(19-14)13(10-25-17)9-15(22)20(2)24-3/h4-7,10H,8-9H2,1-3H3. The van der Waals surface area contributed by atoms with Crippen LogP contribution >= 0.6 is 11.3 Å². The van der Waals surface area contributed by atoms with Crippen molar-refractivity contribution < 1.29 is 9.63 Å². The number of fused-ring (bicyclic) bond motifs is 1. The van der Waals surface area contributed by atoms with Crippen LogP contribution in [0.3, 0.4) is 0 Å². The van der Waals surface area contributed by atoms with Crippen LogP contribution in [-0.2, 0) is 22.5 Å². The number of aromatic nitrogens is 3. The molecule has 0 spiro atoms. The van der Waals surface area contributed by atoms with E-state index >= 15 is 0 Å². The minimum atomic E-state index is -0.339. The van der Waals surface area contributed by atoms with Crippen molar-refractivity contribution in [3.8, 4) is 0 Å². The summed E-state index contributed by atoms with van der Waals surface area (Å²) in [6.07, 6.45) is 0.516. The molecule has 0 bridgehead atoms. The topological polar surface area (TPSA) is 76.8 Å². The molecule has 8 heteroatoms. The van der Waals surface area contributed by atoms with Crippen molar-refractivity contribution in [3.63, 3.8) is 0 Å². The molecule has 2 heterocycles. The lowest BCUT2D eigenvalue weighted by atomic mass is 10.1. The molecule has 0 fully saturated rings. The number of rotatable bonds is 5. The molecule has 3 aromatic rings. The Morgan fingerprint density at radius 3 is 2.72 bits per heavy atom. The van der Waals surface area contributed by atoms with Crippen molar-refractivity contribution in [3.05, 3.63) is 62.5 Å². The first-order valence-electron chi connectivity index (χ1n) is 7.70. The summed E-state index contributed by atoms with van der Waals surface area (Å²) in [6, 6.07) is 7.93. The van der Waals surface area contributed by atoms with E-state index in [0.717, 1.165) is 16.2 Å². The molecule has 0 aliphatic carbocycles. The fraction of sp³-hybridized carbons (Fsp3) is 0.294. The molecule has 2 aromatic heterocycles. The second kappa shape index (κ2) is 7.12. The largest absolute Gasteiger partial charge is 0.296 e. The van der Waals surface area contributed by atoms with Gasteiger partial charge in [0.2, 0.25) is 4.96 Å². The number of hydrogen-bond acceptors (Lipinski definition) is 6. The third-order valence-electron chi connectivity index (χ3n) is 3.87. The Labute approximate surface area is 148 Å². The van der Waals surface area contributed by atoms with Gasteiger partial charge in [0.05, 0.1) is 19.2 Å². The summed E-state index contributed by atoms with van der Waals surface area (Å²) < 4.78 is 1.57. The third kappa shape index (κ3) is 3.75. The van der Waals surface area contributed by atoms with E-state index in [1.54, 1.807) is 16.9 Å². The highest BCUT2D eigenvalue weighted by molar-refractivity contribution is 7.15. The number of thiazole rings is 1. The lowest BCUT2D eigenvalue weighted by Crippen LogP contribution is -2.28. The fourth-order valence-corrected chi connectivity index (χ4v) is 3.15. The third-order valence-corrected chi connectivity index (χ3v) is 4.73. The summed E-state index contributed by atoms with van der Waals surface area (Å²) in [5, 5.41) is 7.37. The molecule has 0 aliphatic rings. The number of hydrogen-bond donors (Lipinski definition) is 0. The van der Waals surface area contributed by atoms with Crippen molar-refractivity contribution in [2.45, 2.75) is 19.8 Å². The average Bonchev–Trinajstić information content (AvgIpc) is 2.98. The van der Waals surface area contributed by atoms with Crippen LogP contribution in [0.15, 0.2) is 34.4 Å². The highest BCUT2D eigenvalue weighted by atomic mass is 32.1. The zero-order valence-corrected chi connectivity index (χ0v) is 15.0. The molecule has 3 rings (SSSR count). The Morgan fingerprint density at radius 2 is 2.04 bits per heavy atom. The number of benzene rings is 1. The molecular formula is C17H18N4O3S. The van der Waals surface area contributed by atoms with E-state index in [-0.39, 0.29) is 17.9 Å². The number of aryl methyl sites for hydroxylation is 1. The molecule has 0 atom stereocenters. The molecule has 0 saturated heterocycles. The van der Waals surface area contributed by atoms with Crippen LogP contribution in [0.5, 0.6) is 0 Å². The van der Waals surface area contributed by atoms with E-state index in [2.05, 4.69) is 10.1 Å². The van der Waals surface area contributed by atoms with E-state index in [0.29, 0.717) is 22.8 Å². The Balaban J connectivity index is 1.93. The predicted octanol–water partition coefficient (Wildman–Crippen LogP) is 1.61. The second-order valence-corrected chi connectivity index (χ2v) is 6.53. The van der Waals surface area contributed by atoms with Gasteiger partial charge in [-0.05, 0) is 12.5 Å². The maximum Gasteiger partial charge on any atom is 0.296 e. The number of hydroxylamine groups is 2. The van der Waals surface area contributed by atoms with Crippen molar-refractivity contribution in [1.29, 1.82) is 0 Å². The lowest BCUT2D eigenvalue weighted by Gasteiger charge is -2.12. The van der Waals surface area contributed by atoms with Crippen molar-refractivity contribution >= 4 is 22.2 Å². The van der Waals surface area contributed by atoms with Crippen molar-refractivity contribution in [2.75, 3.05) is 14.2 Å². The van der Waals surface area contributed by atoms with Gasteiger partial charge in [-0.2, -0.15) is 10.1 Å². The monoisotopic (exact) mass is 358 g/mol. The molecule has 0 radical (unpaired) electrons. The minimum absolute atomic E-state index is 0.117. The first-order valence-corrected chi connectivity index (χ1v) is 8.58.